The summed E-state index contributed by atoms with van der Waals surface area (Å²) in [4.78, 5) is 11.8. The predicted molar refractivity (Wildman–Crippen MR) is 74.7 cm³/mol. The van der Waals surface area contributed by atoms with Crippen molar-refractivity contribution in [3.05, 3.63) is 11.6 Å². The smallest absolute Gasteiger partial charge is 0.222 e. The quantitative estimate of drug-likeness (QED) is 0.794. The summed E-state index contributed by atoms with van der Waals surface area (Å²) < 4.78 is 7.42. The van der Waals surface area contributed by atoms with Gasteiger partial charge in [0.15, 0.2) is 5.82 Å². The zero-order chi connectivity index (χ0) is 13.1. The van der Waals surface area contributed by atoms with Crippen molar-refractivity contribution in [1.82, 2.24) is 25.4 Å². The highest BCUT2D eigenvalue weighted by Crippen LogP contribution is 2.13. The van der Waals surface area contributed by atoms with Gasteiger partial charge in [-0.2, -0.15) is 0 Å². The predicted octanol–water partition coefficient (Wildman–Crippen LogP) is -0.359. The van der Waals surface area contributed by atoms with Gasteiger partial charge in [0.05, 0.1) is 19.8 Å². The second-order valence-electron chi connectivity index (χ2n) is 4.99. The van der Waals surface area contributed by atoms with Crippen LogP contribution in [-0.2, 0) is 29.0 Å². The van der Waals surface area contributed by atoms with Gasteiger partial charge in [0.25, 0.3) is 0 Å². The third kappa shape index (κ3) is 3.47. The molecule has 0 spiro atoms. The van der Waals surface area contributed by atoms with Crippen LogP contribution in [0.4, 0.5) is 0 Å². The molecular weight excluding hydrogens is 282 g/mol. The van der Waals surface area contributed by atoms with Crippen molar-refractivity contribution in [3.8, 4) is 0 Å². The van der Waals surface area contributed by atoms with Gasteiger partial charge < -0.3 is 19.9 Å². The van der Waals surface area contributed by atoms with Crippen molar-refractivity contribution >= 4 is 18.3 Å². The summed E-state index contributed by atoms with van der Waals surface area (Å²) in [7, 11) is 0. The molecule has 1 aromatic heterocycles. The van der Waals surface area contributed by atoms with Crippen LogP contribution in [0.1, 0.15) is 24.5 Å². The van der Waals surface area contributed by atoms with Crippen LogP contribution in [-0.4, -0.2) is 46.5 Å². The number of hydrogen-bond acceptors (Lipinski definition) is 5. The number of aryl methyl sites for hydroxylation is 1. The van der Waals surface area contributed by atoms with Gasteiger partial charge in [-0.3, -0.25) is 4.79 Å². The lowest BCUT2D eigenvalue weighted by atomic mass is 10.2. The van der Waals surface area contributed by atoms with Crippen molar-refractivity contribution in [1.29, 1.82) is 0 Å². The monoisotopic (exact) mass is 301 g/mol. The Labute approximate surface area is 123 Å². The van der Waals surface area contributed by atoms with E-state index in [-0.39, 0.29) is 24.4 Å². The van der Waals surface area contributed by atoms with E-state index < -0.39 is 0 Å². The van der Waals surface area contributed by atoms with Crippen LogP contribution in [0.5, 0.6) is 0 Å². The summed E-state index contributed by atoms with van der Waals surface area (Å²) >= 11 is 0. The molecule has 0 radical (unpaired) electrons. The number of rotatable bonds is 4. The first-order valence-corrected chi connectivity index (χ1v) is 6.82. The van der Waals surface area contributed by atoms with Gasteiger partial charge in [0, 0.05) is 32.0 Å². The zero-order valence-corrected chi connectivity index (χ0v) is 12.1. The number of fused-ring (bicyclic) bond motifs is 1. The van der Waals surface area contributed by atoms with Crippen LogP contribution in [0, 0.1) is 0 Å². The van der Waals surface area contributed by atoms with Crippen molar-refractivity contribution in [3.63, 3.8) is 0 Å². The summed E-state index contributed by atoms with van der Waals surface area (Å²) in [6, 6.07) is 0.123. The summed E-state index contributed by atoms with van der Waals surface area (Å²) in [5, 5.41) is 14.4. The van der Waals surface area contributed by atoms with Gasteiger partial charge in [-0.25, -0.2) is 0 Å². The molecule has 1 aromatic rings. The molecule has 2 N–H and O–H groups in total. The average Bonchev–Trinajstić information content (AvgIpc) is 3.01. The molecule has 20 heavy (non-hydrogen) atoms. The number of hydrogen-bond donors (Lipinski definition) is 2. The minimum atomic E-state index is 0. The van der Waals surface area contributed by atoms with Gasteiger partial charge in [-0.15, -0.1) is 22.6 Å². The third-order valence-corrected chi connectivity index (χ3v) is 3.56. The van der Waals surface area contributed by atoms with Crippen LogP contribution in [0.2, 0.25) is 0 Å². The molecule has 1 fully saturated rings. The fourth-order valence-corrected chi connectivity index (χ4v) is 2.57. The molecule has 8 heteroatoms. The normalized spacial score (nSPS) is 21.1. The molecule has 0 bridgehead atoms. The van der Waals surface area contributed by atoms with E-state index in [9.17, 15) is 4.79 Å². The van der Waals surface area contributed by atoms with Crippen LogP contribution < -0.4 is 10.6 Å². The van der Waals surface area contributed by atoms with Crippen molar-refractivity contribution in [2.45, 2.75) is 38.4 Å². The molecule has 3 heterocycles. The minimum Gasteiger partial charge on any atom is -0.378 e. The number of nitrogens with zero attached hydrogens (tertiary/aromatic N) is 3. The van der Waals surface area contributed by atoms with Crippen LogP contribution in [0.15, 0.2) is 0 Å². The SMILES string of the molecule is Cl.O=C(CC1COCCN1)NCc1nnc2n1CCC2. The Balaban J connectivity index is 0.00000147. The molecular formula is C12H20ClN5O2. The lowest BCUT2D eigenvalue weighted by molar-refractivity contribution is -0.122. The van der Waals surface area contributed by atoms with Crippen molar-refractivity contribution in [2.75, 3.05) is 19.8 Å². The number of ether oxygens (including phenoxy) is 1. The molecule has 1 saturated heterocycles. The Morgan fingerprint density at radius 3 is 3.20 bits per heavy atom. The molecule has 0 saturated carbocycles. The van der Waals surface area contributed by atoms with E-state index >= 15 is 0 Å². The zero-order valence-electron chi connectivity index (χ0n) is 11.3. The fraction of sp³-hybridized carbons (Fsp3) is 0.750. The molecule has 0 aromatic carbocycles. The van der Waals surface area contributed by atoms with E-state index in [4.69, 9.17) is 4.74 Å². The maximum Gasteiger partial charge on any atom is 0.222 e. The Kier molecular flexibility index (Phi) is 5.33. The van der Waals surface area contributed by atoms with Gasteiger partial charge in [0.1, 0.15) is 5.82 Å². The largest absolute Gasteiger partial charge is 0.378 e. The molecule has 0 aliphatic carbocycles. The highest BCUT2D eigenvalue weighted by Gasteiger charge is 2.19. The second-order valence-corrected chi connectivity index (χ2v) is 4.99. The summed E-state index contributed by atoms with van der Waals surface area (Å²) in [6.07, 6.45) is 2.56. The number of morpholine rings is 1. The fourth-order valence-electron chi connectivity index (χ4n) is 2.57. The number of carbonyl (C=O) groups excluding carboxylic acids is 1. The number of amides is 1. The number of nitrogens with one attached hydrogen (secondary N) is 2. The molecule has 1 amide bonds. The lowest BCUT2D eigenvalue weighted by Crippen LogP contribution is -2.44. The molecule has 7 nitrogen and oxygen atoms in total. The Morgan fingerprint density at radius 1 is 1.50 bits per heavy atom. The van der Waals surface area contributed by atoms with E-state index in [1.807, 2.05) is 0 Å². The summed E-state index contributed by atoms with van der Waals surface area (Å²) in [5.41, 5.74) is 0. The van der Waals surface area contributed by atoms with Crippen LogP contribution >= 0.6 is 12.4 Å². The third-order valence-electron chi connectivity index (χ3n) is 3.56. The summed E-state index contributed by atoms with van der Waals surface area (Å²) in [6.45, 7) is 3.57. The summed E-state index contributed by atoms with van der Waals surface area (Å²) in [5.74, 6) is 1.92. The first kappa shape index (κ1) is 15.2. The average molecular weight is 302 g/mol. The molecule has 1 unspecified atom stereocenters. The number of aromatic nitrogens is 3. The standard InChI is InChI=1S/C12H19N5O2.ClH/c18-12(6-9-8-19-5-3-13-9)14-7-11-16-15-10-2-1-4-17(10)11;/h9,13H,1-8H2,(H,14,18);1H. The lowest BCUT2D eigenvalue weighted by Gasteiger charge is -2.23. The van der Waals surface area contributed by atoms with Crippen molar-refractivity contribution < 1.29 is 9.53 Å². The van der Waals surface area contributed by atoms with Gasteiger partial charge in [-0.05, 0) is 6.42 Å². The van der Waals surface area contributed by atoms with Crippen LogP contribution in [0.25, 0.3) is 0 Å². The second kappa shape index (κ2) is 7.01. The highest BCUT2D eigenvalue weighted by molar-refractivity contribution is 5.85. The van der Waals surface area contributed by atoms with E-state index in [1.54, 1.807) is 0 Å². The minimum absolute atomic E-state index is 0. The topological polar surface area (TPSA) is 81.1 Å². The molecule has 112 valence electrons. The van der Waals surface area contributed by atoms with Gasteiger partial charge in [-0.1, -0.05) is 0 Å². The van der Waals surface area contributed by atoms with Gasteiger partial charge in [0.2, 0.25) is 5.91 Å². The Morgan fingerprint density at radius 2 is 2.40 bits per heavy atom. The maximum absolute atomic E-state index is 11.8. The first-order valence-electron chi connectivity index (χ1n) is 6.82. The Bertz CT molecular complexity index is 459. The molecule has 1 atom stereocenters. The van der Waals surface area contributed by atoms with E-state index in [0.29, 0.717) is 19.6 Å². The van der Waals surface area contributed by atoms with E-state index in [1.165, 1.54) is 0 Å². The van der Waals surface area contributed by atoms with E-state index in [0.717, 1.165) is 44.2 Å². The van der Waals surface area contributed by atoms with Crippen LogP contribution in [0.3, 0.4) is 0 Å². The van der Waals surface area contributed by atoms with E-state index in [2.05, 4.69) is 25.4 Å². The molecule has 2 aliphatic heterocycles. The number of carbonyl (C=O) groups is 1. The number of halogens is 1. The first-order chi connectivity index (χ1) is 9.33. The molecule has 3 rings (SSSR count). The maximum atomic E-state index is 11.8. The van der Waals surface area contributed by atoms with Crippen molar-refractivity contribution in [2.24, 2.45) is 0 Å². The Hall–Kier alpha value is -1.18. The highest BCUT2D eigenvalue weighted by atomic mass is 35.5. The molecule has 2 aliphatic rings. The van der Waals surface area contributed by atoms with Gasteiger partial charge >= 0.3 is 0 Å².